The number of aryl methyl sites for hydroxylation is 2. The smallest absolute Gasteiger partial charge is 0.332 e. The number of nitrogens with zero attached hydrogens (tertiary/aromatic N) is 4. The van der Waals surface area contributed by atoms with Crippen molar-refractivity contribution in [3.63, 3.8) is 0 Å². The van der Waals surface area contributed by atoms with Crippen LogP contribution in [0.25, 0.3) is 11.2 Å². The summed E-state index contributed by atoms with van der Waals surface area (Å²) in [5.74, 6) is 1.44. The van der Waals surface area contributed by atoms with Crippen LogP contribution < -0.4 is 21.3 Å². The van der Waals surface area contributed by atoms with Crippen LogP contribution in [0.2, 0.25) is 0 Å². The average Bonchev–Trinajstić information content (AvgIpc) is 3.29. The number of fused-ring (bicyclic) bond motifs is 1. The number of imidazole rings is 1. The topological polar surface area (TPSA) is 103 Å². The van der Waals surface area contributed by atoms with E-state index < -0.39 is 6.10 Å². The Kier molecular flexibility index (Phi) is 7.84. The van der Waals surface area contributed by atoms with Crippen molar-refractivity contribution in [2.24, 2.45) is 14.1 Å². The number of hydrogen-bond acceptors (Lipinski definition) is 6. The SMILES string of the molecule is Cn1c(=O)c2c(ncn2CCCNCC(O)COc2cccc(C3CCCCC3)c2)n(C)c1=O. The lowest BCUT2D eigenvalue weighted by Gasteiger charge is -2.22. The molecule has 0 bridgehead atoms. The summed E-state index contributed by atoms with van der Waals surface area (Å²) >= 11 is 0. The van der Waals surface area contributed by atoms with Crippen LogP contribution >= 0.6 is 0 Å². The second kappa shape index (κ2) is 11.0. The first-order valence-corrected chi connectivity index (χ1v) is 12.2. The third-order valence-corrected chi connectivity index (χ3v) is 6.73. The summed E-state index contributed by atoms with van der Waals surface area (Å²) in [5, 5.41) is 13.5. The molecule has 1 saturated carbocycles. The Labute approximate surface area is 199 Å². The van der Waals surface area contributed by atoms with Crippen molar-refractivity contribution in [2.45, 2.75) is 57.1 Å². The van der Waals surface area contributed by atoms with Crippen LogP contribution in [-0.4, -0.2) is 49.6 Å². The molecule has 184 valence electrons. The highest BCUT2D eigenvalue weighted by Gasteiger charge is 2.16. The van der Waals surface area contributed by atoms with Gasteiger partial charge in [-0.15, -0.1) is 0 Å². The number of aliphatic hydroxyl groups is 1. The summed E-state index contributed by atoms with van der Waals surface area (Å²) in [6.45, 7) is 1.90. The monoisotopic (exact) mass is 469 g/mol. The number of ether oxygens (including phenoxy) is 1. The molecule has 1 fully saturated rings. The van der Waals surface area contributed by atoms with Gasteiger partial charge in [0, 0.05) is 27.2 Å². The zero-order valence-corrected chi connectivity index (χ0v) is 20.1. The van der Waals surface area contributed by atoms with Gasteiger partial charge in [-0.05, 0) is 49.4 Å². The summed E-state index contributed by atoms with van der Waals surface area (Å²) in [5.41, 5.74) is 1.42. The zero-order chi connectivity index (χ0) is 24.1. The summed E-state index contributed by atoms with van der Waals surface area (Å²) in [4.78, 5) is 28.8. The maximum atomic E-state index is 12.5. The van der Waals surface area contributed by atoms with Crippen LogP contribution in [0, 0.1) is 0 Å². The molecule has 9 heteroatoms. The van der Waals surface area contributed by atoms with Gasteiger partial charge in [0.25, 0.3) is 5.56 Å². The van der Waals surface area contributed by atoms with Crippen LogP contribution in [0.1, 0.15) is 50.0 Å². The average molecular weight is 470 g/mol. The van der Waals surface area contributed by atoms with Gasteiger partial charge in [0.15, 0.2) is 11.2 Å². The molecule has 2 heterocycles. The van der Waals surface area contributed by atoms with E-state index in [9.17, 15) is 14.7 Å². The van der Waals surface area contributed by atoms with Gasteiger partial charge in [0.1, 0.15) is 18.5 Å². The van der Waals surface area contributed by atoms with Gasteiger partial charge in [-0.25, -0.2) is 9.78 Å². The van der Waals surface area contributed by atoms with Crippen LogP contribution in [0.5, 0.6) is 5.75 Å². The second-order valence-corrected chi connectivity index (χ2v) is 9.25. The Bertz CT molecular complexity index is 1220. The van der Waals surface area contributed by atoms with Gasteiger partial charge in [-0.2, -0.15) is 0 Å². The lowest BCUT2D eigenvalue weighted by molar-refractivity contribution is 0.106. The Hall–Kier alpha value is -2.91. The molecule has 2 N–H and O–H groups in total. The Morgan fingerprint density at radius 1 is 1.18 bits per heavy atom. The minimum Gasteiger partial charge on any atom is -0.491 e. The number of rotatable bonds is 10. The lowest BCUT2D eigenvalue weighted by Crippen LogP contribution is -2.37. The molecule has 1 aliphatic rings. The molecule has 9 nitrogen and oxygen atoms in total. The Balaban J connectivity index is 1.21. The minimum absolute atomic E-state index is 0.233. The van der Waals surface area contributed by atoms with Crippen molar-refractivity contribution in [3.8, 4) is 5.75 Å². The molecule has 3 aromatic rings. The van der Waals surface area contributed by atoms with E-state index in [0.29, 0.717) is 36.7 Å². The van der Waals surface area contributed by atoms with Gasteiger partial charge in [0.05, 0.1) is 6.33 Å². The summed E-state index contributed by atoms with van der Waals surface area (Å²) in [6, 6.07) is 8.28. The predicted molar refractivity (Wildman–Crippen MR) is 131 cm³/mol. The first-order chi connectivity index (χ1) is 16.5. The highest BCUT2D eigenvalue weighted by atomic mass is 16.5. The molecule has 0 spiro atoms. The normalized spacial score (nSPS) is 15.6. The maximum Gasteiger partial charge on any atom is 0.332 e. The van der Waals surface area contributed by atoms with Crippen molar-refractivity contribution in [1.29, 1.82) is 0 Å². The fraction of sp³-hybridized carbons (Fsp3) is 0.560. The molecule has 1 unspecified atom stereocenters. The first kappa shape index (κ1) is 24.2. The van der Waals surface area contributed by atoms with E-state index in [1.165, 1.54) is 49.3 Å². The first-order valence-electron chi connectivity index (χ1n) is 12.2. The fourth-order valence-electron chi connectivity index (χ4n) is 4.76. The van der Waals surface area contributed by atoms with Crippen LogP contribution in [-0.2, 0) is 20.6 Å². The second-order valence-electron chi connectivity index (χ2n) is 9.25. The van der Waals surface area contributed by atoms with Gasteiger partial charge in [-0.1, -0.05) is 31.4 Å². The third kappa shape index (κ3) is 5.42. The van der Waals surface area contributed by atoms with Crippen LogP contribution in [0.15, 0.2) is 40.2 Å². The summed E-state index contributed by atoms with van der Waals surface area (Å²) in [6.07, 6.45) is 8.15. The van der Waals surface area contributed by atoms with E-state index in [1.54, 1.807) is 17.9 Å². The lowest BCUT2D eigenvalue weighted by atomic mass is 9.84. The molecule has 4 rings (SSSR count). The van der Waals surface area contributed by atoms with E-state index in [0.717, 1.165) is 16.7 Å². The van der Waals surface area contributed by atoms with E-state index in [2.05, 4.69) is 22.4 Å². The largest absolute Gasteiger partial charge is 0.491 e. The van der Waals surface area contributed by atoms with Gasteiger partial charge >= 0.3 is 5.69 Å². The van der Waals surface area contributed by atoms with Gasteiger partial charge in [-0.3, -0.25) is 13.9 Å². The van der Waals surface area contributed by atoms with Gasteiger partial charge in [0.2, 0.25) is 0 Å². The number of aliphatic hydroxyl groups excluding tert-OH is 1. The molecule has 0 aliphatic heterocycles. The van der Waals surface area contributed by atoms with E-state index in [-0.39, 0.29) is 17.9 Å². The molecule has 1 aliphatic carbocycles. The van der Waals surface area contributed by atoms with E-state index in [1.807, 2.05) is 12.1 Å². The molecule has 0 saturated heterocycles. The minimum atomic E-state index is -0.616. The molecule has 34 heavy (non-hydrogen) atoms. The molecule has 1 aromatic carbocycles. The Morgan fingerprint density at radius 2 is 1.97 bits per heavy atom. The van der Waals surface area contributed by atoms with Gasteiger partial charge < -0.3 is 19.7 Å². The maximum absolute atomic E-state index is 12.5. The number of nitrogens with one attached hydrogen (secondary N) is 1. The number of hydrogen-bond donors (Lipinski definition) is 2. The Morgan fingerprint density at radius 3 is 2.76 bits per heavy atom. The summed E-state index contributed by atoms with van der Waals surface area (Å²) < 4.78 is 10.1. The van der Waals surface area contributed by atoms with Crippen molar-refractivity contribution in [3.05, 3.63) is 57.0 Å². The van der Waals surface area contributed by atoms with Crippen molar-refractivity contribution in [2.75, 3.05) is 19.7 Å². The van der Waals surface area contributed by atoms with Crippen molar-refractivity contribution in [1.82, 2.24) is 24.0 Å². The van der Waals surface area contributed by atoms with Crippen LogP contribution in [0.3, 0.4) is 0 Å². The standard InChI is InChI=1S/C25H35N5O4/c1-28-23-22(24(32)29(2)25(28)33)30(17-27-23)13-7-12-26-15-20(31)16-34-21-11-6-10-19(14-21)18-8-4-3-5-9-18/h6,10-11,14,17-18,20,26,31H,3-5,7-9,12-13,15-16H2,1-2H3. The van der Waals surface area contributed by atoms with Crippen molar-refractivity contribution < 1.29 is 9.84 Å². The highest BCUT2D eigenvalue weighted by molar-refractivity contribution is 5.69. The van der Waals surface area contributed by atoms with Crippen molar-refractivity contribution >= 4 is 11.2 Å². The molecular weight excluding hydrogens is 434 g/mol. The molecule has 0 amide bonds. The molecule has 1 atom stereocenters. The molecule has 0 radical (unpaired) electrons. The molecule has 2 aromatic heterocycles. The predicted octanol–water partition coefficient (Wildman–Crippen LogP) is 1.90. The fourth-order valence-corrected chi connectivity index (χ4v) is 4.76. The van der Waals surface area contributed by atoms with Crippen LogP contribution in [0.4, 0.5) is 0 Å². The van der Waals surface area contributed by atoms with E-state index in [4.69, 9.17) is 4.74 Å². The zero-order valence-electron chi connectivity index (χ0n) is 20.1. The number of aromatic nitrogens is 4. The van der Waals surface area contributed by atoms with E-state index >= 15 is 0 Å². The third-order valence-electron chi connectivity index (χ3n) is 6.73. The number of benzene rings is 1. The highest BCUT2D eigenvalue weighted by Crippen LogP contribution is 2.33. The summed E-state index contributed by atoms with van der Waals surface area (Å²) in [7, 11) is 3.08. The quantitative estimate of drug-likeness (QED) is 0.440. The molecular formula is C25H35N5O4.